The van der Waals surface area contributed by atoms with E-state index in [2.05, 4.69) is 21.8 Å². The van der Waals surface area contributed by atoms with Crippen LogP contribution in [0.1, 0.15) is 23.9 Å². The lowest BCUT2D eigenvalue weighted by molar-refractivity contribution is 0.809. The van der Waals surface area contributed by atoms with Gasteiger partial charge in [-0.25, -0.2) is 14.2 Å². The Bertz CT molecular complexity index is 1180. The summed E-state index contributed by atoms with van der Waals surface area (Å²) in [6, 6.07) is 15.2. The third-order valence-corrected chi connectivity index (χ3v) is 4.15. The van der Waals surface area contributed by atoms with Crippen molar-refractivity contribution in [2.24, 2.45) is 0 Å². The fourth-order valence-corrected chi connectivity index (χ4v) is 2.88. The van der Waals surface area contributed by atoms with Crippen LogP contribution in [0.2, 0.25) is 0 Å². The number of nitrogens with zero attached hydrogens (tertiary/aromatic N) is 4. The lowest BCUT2D eigenvalue weighted by Crippen LogP contribution is -2.28. The number of fused-ring (bicyclic) bond motifs is 1. The molecule has 0 saturated carbocycles. The molecule has 1 aromatic carbocycles. The summed E-state index contributed by atoms with van der Waals surface area (Å²) < 4.78 is 3.27. The van der Waals surface area contributed by atoms with E-state index < -0.39 is 0 Å². The number of aryl methyl sites for hydroxylation is 1. The minimum Gasteiger partial charge on any atom is -0.266 e. The van der Waals surface area contributed by atoms with Gasteiger partial charge < -0.3 is 0 Å². The van der Waals surface area contributed by atoms with Crippen LogP contribution in [-0.2, 0) is 6.42 Å². The third kappa shape index (κ3) is 2.78. The maximum absolute atomic E-state index is 13.2. The van der Waals surface area contributed by atoms with Gasteiger partial charge in [-0.3, -0.25) is 9.55 Å². The van der Waals surface area contributed by atoms with Crippen molar-refractivity contribution in [1.82, 2.24) is 18.9 Å². The zero-order chi connectivity index (χ0) is 17.9. The van der Waals surface area contributed by atoms with Crippen molar-refractivity contribution in [1.29, 1.82) is 0 Å². The predicted octanol–water partition coefficient (Wildman–Crippen LogP) is 2.84. The van der Waals surface area contributed by atoms with Crippen LogP contribution in [0, 0.1) is 11.8 Å². The second-order valence-corrected chi connectivity index (χ2v) is 5.77. The van der Waals surface area contributed by atoms with E-state index in [1.54, 1.807) is 27.6 Å². The molecule has 3 aromatic heterocycles. The van der Waals surface area contributed by atoms with Gasteiger partial charge >= 0.3 is 5.69 Å². The fourth-order valence-electron chi connectivity index (χ4n) is 2.88. The molecule has 0 spiro atoms. The Hall–Kier alpha value is -3.65. The molecule has 5 heteroatoms. The molecule has 0 amide bonds. The number of para-hydroxylation sites is 1. The Kier molecular flexibility index (Phi) is 4.08. The van der Waals surface area contributed by atoms with E-state index in [9.17, 15) is 4.79 Å². The van der Waals surface area contributed by atoms with Crippen LogP contribution in [0.4, 0.5) is 0 Å². The molecule has 126 valence electrons. The van der Waals surface area contributed by atoms with Gasteiger partial charge in [-0.2, -0.15) is 0 Å². The molecule has 0 aliphatic heterocycles. The third-order valence-electron chi connectivity index (χ3n) is 4.15. The molecular weight excluding hydrogens is 324 g/mol. The minimum atomic E-state index is -0.165. The first-order chi connectivity index (χ1) is 12.8. The van der Waals surface area contributed by atoms with Gasteiger partial charge in [0.15, 0.2) is 0 Å². The topological polar surface area (TPSA) is 52.2 Å². The van der Waals surface area contributed by atoms with Gasteiger partial charge in [-0.15, -0.1) is 0 Å². The maximum atomic E-state index is 13.2. The summed E-state index contributed by atoms with van der Waals surface area (Å²) in [5.41, 5.74) is 3.59. The highest BCUT2D eigenvalue weighted by Crippen LogP contribution is 2.12. The maximum Gasteiger partial charge on any atom is 0.339 e. The Balaban J connectivity index is 1.93. The molecule has 4 rings (SSSR count). The summed E-state index contributed by atoms with van der Waals surface area (Å²) in [5, 5.41) is 0. The first-order valence-corrected chi connectivity index (χ1v) is 8.38. The molecule has 0 aliphatic carbocycles. The fraction of sp³-hybridized carbons (Fsp3) is 0.0952. The Labute approximate surface area is 150 Å². The summed E-state index contributed by atoms with van der Waals surface area (Å²) in [4.78, 5) is 21.6. The van der Waals surface area contributed by atoms with Crippen molar-refractivity contribution in [2.45, 2.75) is 13.3 Å². The largest absolute Gasteiger partial charge is 0.339 e. The standard InChI is InChI=1S/C21H16N4O/c1-2-17-14-20-23-15-19(9-8-16-10-12-22-13-11-16)25(20)21(26)24(17)18-6-4-3-5-7-18/h3-7,10-15H,2H2,1H3. The second kappa shape index (κ2) is 6.69. The number of hydrogen-bond donors (Lipinski definition) is 0. The molecule has 0 unspecified atom stereocenters. The highest BCUT2D eigenvalue weighted by molar-refractivity contribution is 5.49. The van der Waals surface area contributed by atoms with E-state index in [1.807, 2.05) is 55.5 Å². The molecule has 0 atom stereocenters. The molecule has 0 radical (unpaired) electrons. The number of benzene rings is 1. The van der Waals surface area contributed by atoms with Crippen molar-refractivity contribution in [3.63, 3.8) is 0 Å². The van der Waals surface area contributed by atoms with Gasteiger partial charge in [0, 0.05) is 29.7 Å². The average Bonchev–Trinajstić information content (AvgIpc) is 3.11. The smallest absolute Gasteiger partial charge is 0.266 e. The van der Waals surface area contributed by atoms with Gasteiger partial charge in [0.25, 0.3) is 0 Å². The lowest BCUT2D eigenvalue weighted by Gasteiger charge is -2.12. The van der Waals surface area contributed by atoms with E-state index in [-0.39, 0.29) is 5.69 Å². The van der Waals surface area contributed by atoms with Crippen LogP contribution < -0.4 is 5.69 Å². The quantitative estimate of drug-likeness (QED) is 0.527. The van der Waals surface area contributed by atoms with Gasteiger partial charge in [0.1, 0.15) is 11.3 Å². The lowest BCUT2D eigenvalue weighted by atomic mass is 10.2. The van der Waals surface area contributed by atoms with Gasteiger partial charge in [-0.1, -0.05) is 31.0 Å². The van der Waals surface area contributed by atoms with Crippen LogP contribution in [0.3, 0.4) is 0 Å². The summed E-state index contributed by atoms with van der Waals surface area (Å²) in [5.74, 6) is 6.11. The first-order valence-electron chi connectivity index (χ1n) is 8.38. The van der Waals surface area contributed by atoms with Crippen LogP contribution in [0.25, 0.3) is 11.3 Å². The van der Waals surface area contributed by atoms with Gasteiger partial charge in [0.05, 0.1) is 11.9 Å². The van der Waals surface area contributed by atoms with Crippen molar-refractivity contribution >= 4 is 5.65 Å². The molecule has 5 nitrogen and oxygen atoms in total. The average molecular weight is 340 g/mol. The number of hydrogen-bond acceptors (Lipinski definition) is 3. The molecule has 3 heterocycles. The Morgan fingerprint density at radius 2 is 1.81 bits per heavy atom. The van der Waals surface area contributed by atoms with Gasteiger partial charge in [0.2, 0.25) is 0 Å². The van der Waals surface area contributed by atoms with Crippen LogP contribution in [-0.4, -0.2) is 18.9 Å². The number of pyridine rings is 1. The predicted molar refractivity (Wildman–Crippen MR) is 100 cm³/mol. The van der Waals surface area contributed by atoms with E-state index in [4.69, 9.17) is 0 Å². The monoisotopic (exact) mass is 340 g/mol. The van der Waals surface area contributed by atoms with E-state index in [0.717, 1.165) is 23.4 Å². The molecule has 26 heavy (non-hydrogen) atoms. The number of aromatic nitrogens is 4. The van der Waals surface area contributed by atoms with E-state index in [0.29, 0.717) is 11.3 Å². The molecule has 0 fully saturated rings. The van der Waals surface area contributed by atoms with Crippen molar-refractivity contribution in [3.05, 3.63) is 94.6 Å². The summed E-state index contributed by atoms with van der Waals surface area (Å²) in [6.07, 6.45) is 5.74. The van der Waals surface area contributed by atoms with Crippen LogP contribution >= 0.6 is 0 Å². The normalized spacial score (nSPS) is 10.5. The van der Waals surface area contributed by atoms with E-state index >= 15 is 0 Å². The summed E-state index contributed by atoms with van der Waals surface area (Å²) in [6.45, 7) is 2.03. The highest BCUT2D eigenvalue weighted by Gasteiger charge is 2.13. The molecule has 0 saturated heterocycles. The molecule has 0 N–H and O–H groups in total. The Morgan fingerprint density at radius 3 is 2.54 bits per heavy atom. The van der Waals surface area contributed by atoms with Crippen molar-refractivity contribution in [2.75, 3.05) is 0 Å². The summed E-state index contributed by atoms with van der Waals surface area (Å²) >= 11 is 0. The van der Waals surface area contributed by atoms with Crippen LogP contribution in [0.5, 0.6) is 0 Å². The zero-order valence-electron chi connectivity index (χ0n) is 14.3. The van der Waals surface area contributed by atoms with Gasteiger partial charge in [-0.05, 0) is 36.6 Å². The second-order valence-electron chi connectivity index (χ2n) is 5.77. The minimum absolute atomic E-state index is 0.165. The highest BCUT2D eigenvalue weighted by atomic mass is 16.1. The SMILES string of the molecule is CCc1cc2ncc(C#Cc3ccncc3)n2c(=O)n1-c1ccccc1. The van der Waals surface area contributed by atoms with E-state index in [1.165, 1.54) is 0 Å². The Morgan fingerprint density at radius 1 is 1.04 bits per heavy atom. The number of rotatable bonds is 2. The molecule has 4 aromatic rings. The first kappa shape index (κ1) is 15.9. The van der Waals surface area contributed by atoms with Crippen molar-refractivity contribution in [3.8, 4) is 17.5 Å². The molecule has 0 bridgehead atoms. The molecular formula is C21H16N4O. The van der Waals surface area contributed by atoms with Crippen LogP contribution in [0.15, 0.2) is 71.9 Å². The van der Waals surface area contributed by atoms with Crippen molar-refractivity contribution < 1.29 is 0 Å². The molecule has 0 aliphatic rings. The summed E-state index contributed by atoms with van der Waals surface area (Å²) in [7, 11) is 0. The number of imidazole rings is 1. The zero-order valence-corrected chi connectivity index (χ0v) is 14.3.